The van der Waals surface area contributed by atoms with Crippen molar-refractivity contribution in [3.05, 3.63) is 16.1 Å². The van der Waals surface area contributed by atoms with Gasteiger partial charge in [0.15, 0.2) is 0 Å². The number of aryl methyl sites for hydroxylation is 1. The van der Waals surface area contributed by atoms with Crippen LogP contribution in [-0.4, -0.2) is 25.5 Å². The van der Waals surface area contributed by atoms with E-state index in [0.717, 1.165) is 5.01 Å². The Kier molecular flexibility index (Phi) is 3.77. The van der Waals surface area contributed by atoms with Crippen LogP contribution in [0.2, 0.25) is 0 Å². The standard InChI is InChI=1S/C8H11NO3S2/c1-5(8(10)11)14(12)4-7-3-13-6(2)9-7/h3,5H,4H2,1-2H3,(H,10,11). The lowest BCUT2D eigenvalue weighted by molar-refractivity contribution is -0.136. The number of hydrogen-bond acceptors (Lipinski definition) is 4. The predicted molar refractivity (Wildman–Crippen MR) is 55.8 cm³/mol. The quantitative estimate of drug-likeness (QED) is 0.847. The zero-order valence-corrected chi connectivity index (χ0v) is 9.52. The highest BCUT2D eigenvalue weighted by Crippen LogP contribution is 2.11. The van der Waals surface area contributed by atoms with Gasteiger partial charge in [0.2, 0.25) is 0 Å². The molecule has 0 saturated heterocycles. The number of carboxylic acids is 1. The van der Waals surface area contributed by atoms with Gasteiger partial charge < -0.3 is 5.11 Å². The maximum absolute atomic E-state index is 11.5. The van der Waals surface area contributed by atoms with Crippen LogP contribution < -0.4 is 0 Å². The molecule has 0 aliphatic rings. The van der Waals surface area contributed by atoms with Crippen LogP contribution in [0.5, 0.6) is 0 Å². The summed E-state index contributed by atoms with van der Waals surface area (Å²) in [5.41, 5.74) is 0.707. The van der Waals surface area contributed by atoms with Crippen LogP contribution in [0, 0.1) is 6.92 Å². The number of aromatic nitrogens is 1. The highest BCUT2D eigenvalue weighted by Gasteiger charge is 2.19. The lowest BCUT2D eigenvalue weighted by atomic mass is 10.5. The van der Waals surface area contributed by atoms with E-state index >= 15 is 0 Å². The SMILES string of the molecule is Cc1nc(CS(=O)C(C)C(=O)O)cs1. The van der Waals surface area contributed by atoms with Gasteiger partial charge in [-0.2, -0.15) is 0 Å². The maximum Gasteiger partial charge on any atom is 0.318 e. The fourth-order valence-electron chi connectivity index (χ4n) is 0.858. The monoisotopic (exact) mass is 233 g/mol. The van der Waals surface area contributed by atoms with Crippen LogP contribution in [0.15, 0.2) is 5.38 Å². The Hall–Kier alpha value is -0.750. The molecule has 1 aromatic heterocycles. The molecule has 0 bridgehead atoms. The van der Waals surface area contributed by atoms with Crippen molar-refractivity contribution in [1.82, 2.24) is 4.98 Å². The third kappa shape index (κ3) is 2.88. The Morgan fingerprint density at radius 3 is 2.86 bits per heavy atom. The van der Waals surface area contributed by atoms with Crippen molar-refractivity contribution in [1.29, 1.82) is 0 Å². The van der Waals surface area contributed by atoms with E-state index in [1.54, 1.807) is 0 Å². The van der Waals surface area contributed by atoms with Crippen molar-refractivity contribution in [2.45, 2.75) is 24.9 Å². The minimum atomic E-state index is -1.39. The Balaban J connectivity index is 2.61. The fourth-order valence-corrected chi connectivity index (χ4v) is 2.49. The van der Waals surface area contributed by atoms with E-state index in [4.69, 9.17) is 5.11 Å². The summed E-state index contributed by atoms with van der Waals surface area (Å²) in [7, 11) is -1.39. The summed E-state index contributed by atoms with van der Waals surface area (Å²) >= 11 is 1.47. The fraction of sp³-hybridized carbons (Fsp3) is 0.500. The van der Waals surface area contributed by atoms with E-state index in [-0.39, 0.29) is 5.75 Å². The zero-order valence-electron chi connectivity index (χ0n) is 7.89. The van der Waals surface area contributed by atoms with E-state index in [0.29, 0.717) is 5.69 Å². The molecular formula is C8H11NO3S2. The molecule has 0 aliphatic carbocycles. The van der Waals surface area contributed by atoms with E-state index in [2.05, 4.69) is 4.98 Å². The van der Waals surface area contributed by atoms with Gasteiger partial charge in [0.05, 0.1) is 16.5 Å². The first kappa shape index (κ1) is 11.3. The smallest absolute Gasteiger partial charge is 0.318 e. The number of rotatable bonds is 4. The Labute approximate surface area is 88.4 Å². The summed E-state index contributed by atoms with van der Waals surface area (Å²) < 4.78 is 11.5. The molecule has 1 heterocycles. The molecule has 2 atom stereocenters. The van der Waals surface area contributed by atoms with Crippen LogP contribution in [0.25, 0.3) is 0 Å². The molecule has 0 spiro atoms. The molecule has 14 heavy (non-hydrogen) atoms. The number of aliphatic carboxylic acids is 1. The van der Waals surface area contributed by atoms with Crippen LogP contribution in [0.3, 0.4) is 0 Å². The van der Waals surface area contributed by atoms with E-state index in [9.17, 15) is 9.00 Å². The molecular weight excluding hydrogens is 222 g/mol. The van der Waals surface area contributed by atoms with E-state index < -0.39 is 22.0 Å². The molecule has 0 amide bonds. The summed E-state index contributed by atoms with van der Waals surface area (Å²) in [4.78, 5) is 14.7. The van der Waals surface area contributed by atoms with Crippen LogP contribution >= 0.6 is 11.3 Å². The minimum Gasteiger partial charge on any atom is -0.480 e. The minimum absolute atomic E-state index is 0.220. The van der Waals surface area contributed by atoms with Gasteiger partial charge in [0, 0.05) is 16.2 Å². The van der Waals surface area contributed by atoms with Crippen LogP contribution in [-0.2, 0) is 21.3 Å². The van der Waals surface area contributed by atoms with Crippen molar-refractivity contribution in [3.63, 3.8) is 0 Å². The summed E-state index contributed by atoms with van der Waals surface area (Å²) in [6, 6.07) is 0. The number of hydrogen-bond donors (Lipinski definition) is 1. The molecule has 0 saturated carbocycles. The lowest BCUT2D eigenvalue weighted by Crippen LogP contribution is -2.22. The lowest BCUT2D eigenvalue weighted by Gasteiger charge is -2.03. The third-order valence-electron chi connectivity index (χ3n) is 1.70. The molecule has 1 aromatic rings. The summed E-state index contributed by atoms with van der Waals surface area (Å²) in [6.45, 7) is 3.30. The topological polar surface area (TPSA) is 67.3 Å². The average Bonchev–Trinajstić information content (AvgIpc) is 2.49. The summed E-state index contributed by atoms with van der Waals surface area (Å²) in [5, 5.41) is 10.5. The van der Waals surface area contributed by atoms with Crippen molar-refractivity contribution >= 4 is 28.1 Å². The van der Waals surface area contributed by atoms with Crippen molar-refractivity contribution < 1.29 is 14.1 Å². The highest BCUT2D eigenvalue weighted by molar-refractivity contribution is 7.85. The van der Waals surface area contributed by atoms with E-state index in [1.165, 1.54) is 18.3 Å². The number of carbonyl (C=O) groups is 1. The molecule has 1 N–H and O–H groups in total. The molecule has 1 rings (SSSR count). The Morgan fingerprint density at radius 1 is 1.79 bits per heavy atom. The molecule has 0 fully saturated rings. The molecule has 6 heteroatoms. The van der Waals surface area contributed by atoms with Crippen molar-refractivity contribution in [3.8, 4) is 0 Å². The first-order valence-corrected chi connectivity index (χ1v) is 6.28. The third-order valence-corrected chi connectivity index (χ3v) is 4.09. The van der Waals surface area contributed by atoms with Gasteiger partial charge in [0.25, 0.3) is 0 Å². The Bertz CT molecular complexity index is 361. The molecule has 4 nitrogen and oxygen atoms in total. The van der Waals surface area contributed by atoms with Gasteiger partial charge in [-0.15, -0.1) is 11.3 Å². The molecule has 0 radical (unpaired) electrons. The van der Waals surface area contributed by atoms with Gasteiger partial charge in [-0.05, 0) is 13.8 Å². The van der Waals surface area contributed by atoms with Gasteiger partial charge in [0.1, 0.15) is 5.25 Å². The van der Waals surface area contributed by atoms with Crippen molar-refractivity contribution in [2.24, 2.45) is 0 Å². The zero-order chi connectivity index (χ0) is 10.7. The number of carboxylic acid groups (broad SMARTS) is 1. The predicted octanol–water partition coefficient (Wildman–Crippen LogP) is 1.17. The largest absolute Gasteiger partial charge is 0.480 e. The molecule has 2 unspecified atom stereocenters. The molecule has 78 valence electrons. The van der Waals surface area contributed by atoms with Gasteiger partial charge in [-0.3, -0.25) is 9.00 Å². The summed E-state index contributed by atoms with van der Waals surface area (Å²) in [6.07, 6.45) is 0. The second kappa shape index (κ2) is 4.65. The van der Waals surface area contributed by atoms with Gasteiger partial charge in [-0.25, -0.2) is 4.98 Å². The normalized spacial score (nSPS) is 15.0. The van der Waals surface area contributed by atoms with E-state index in [1.807, 2.05) is 12.3 Å². The number of nitrogens with zero attached hydrogens (tertiary/aromatic N) is 1. The maximum atomic E-state index is 11.5. The average molecular weight is 233 g/mol. The second-order valence-corrected chi connectivity index (χ2v) is 5.68. The molecule has 0 aromatic carbocycles. The van der Waals surface area contributed by atoms with Gasteiger partial charge in [-0.1, -0.05) is 0 Å². The first-order chi connectivity index (χ1) is 6.50. The molecule has 0 aliphatic heterocycles. The van der Waals surface area contributed by atoms with Crippen LogP contribution in [0.1, 0.15) is 17.6 Å². The highest BCUT2D eigenvalue weighted by atomic mass is 32.2. The number of thiazole rings is 1. The van der Waals surface area contributed by atoms with Crippen molar-refractivity contribution in [2.75, 3.05) is 0 Å². The first-order valence-electron chi connectivity index (χ1n) is 4.01. The Morgan fingerprint density at radius 2 is 2.43 bits per heavy atom. The van der Waals surface area contributed by atoms with Gasteiger partial charge >= 0.3 is 5.97 Å². The summed E-state index contributed by atoms with van der Waals surface area (Å²) in [5.74, 6) is -0.812. The second-order valence-electron chi connectivity index (χ2n) is 2.86. The van der Waals surface area contributed by atoms with Crippen LogP contribution in [0.4, 0.5) is 0 Å².